The van der Waals surface area contributed by atoms with Gasteiger partial charge < -0.3 is 20.3 Å². The molecule has 17 heavy (non-hydrogen) atoms. The van der Waals surface area contributed by atoms with Gasteiger partial charge in [0.15, 0.2) is 0 Å². The lowest BCUT2D eigenvalue weighted by Gasteiger charge is -2.40. The summed E-state index contributed by atoms with van der Waals surface area (Å²) in [4.78, 5) is 15.8. The van der Waals surface area contributed by atoms with Crippen LogP contribution >= 0.6 is 0 Å². The fourth-order valence-corrected chi connectivity index (χ4v) is 1.99. The predicted molar refractivity (Wildman–Crippen MR) is 67.9 cm³/mol. The Balaban J connectivity index is 2.59. The van der Waals surface area contributed by atoms with Crippen molar-refractivity contribution in [3.8, 4) is 0 Å². The van der Waals surface area contributed by atoms with Gasteiger partial charge in [-0.25, -0.2) is 4.79 Å². The third-order valence-electron chi connectivity index (χ3n) is 2.95. The molecule has 1 aliphatic rings. The van der Waals surface area contributed by atoms with E-state index in [1.165, 1.54) is 0 Å². The predicted octanol–water partition coefficient (Wildman–Crippen LogP) is 0.885. The lowest BCUT2D eigenvalue weighted by atomic mass is 10.00. The van der Waals surface area contributed by atoms with E-state index in [0.717, 1.165) is 6.42 Å². The molecule has 0 unspecified atom stereocenters. The standard InChI is InChI=1S/C12H25N3O2/c1-12(2,3)17-11(16)15-7-6-9(13)10(8-15)14(4)5/h9-10H,6-8,13H2,1-5H3/t9-,10+/m1/s1. The molecule has 100 valence electrons. The van der Waals surface area contributed by atoms with Gasteiger partial charge in [-0.2, -0.15) is 0 Å². The quantitative estimate of drug-likeness (QED) is 0.743. The van der Waals surface area contributed by atoms with Crippen LogP contribution in [0.1, 0.15) is 27.2 Å². The highest BCUT2D eigenvalue weighted by atomic mass is 16.6. The Bertz CT molecular complexity index is 273. The molecule has 5 nitrogen and oxygen atoms in total. The Morgan fingerprint density at radius 3 is 2.47 bits per heavy atom. The van der Waals surface area contributed by atoms with Crippen molar-refractivity contribution in [3.05, 3.63) is 0 Å². The van der Waals surface area contributed by atoms with Gasteiger partial charge in [-0.05, 0) is 41.3 Å². The van der Waals surface area contributed by atoms with Gasteiger partial charge in [0, 0.05) is 25.2 Å². The summed E-state index contributed by atoms with van der Waals surface area (Å²) in [5, 5.41) is 0. The molecule has 2 N–H and O–H groups in total. The van der Waals surface area contributed by atoms with Crippen molar-refractivity contribution in [3.63, 3.8) is 0 Å². The molecule has 2 atom stereocenters. The van der Waals surface area contributed by atoms with Crippen LogP contribution in [0.3, 0.4) is 0 Å². The molecule has 1 rings (SSSR count). The SMILES string of the molecule is CN(C)[C@H]1CN(C(=O)OC(C)(C)C)CC[C@H]1N. The zero-order chi connectivity index (χ0) is 13.2. The molecule has 0 spiro atoms. The first kappa shape index (κ1) is 14.3. The van der Waals surface area contributed by atoms with Gasteiger partial charge >= 0.3 is 6.09 Å². The Morgan fingerprint density at radius 1 is 1.41 bits per heavy atom. The first-order valence-corrected chi connectivity index (χ1v) is 6.10. The van der Waals surface area contributed by atoms with Crippen LogP contribution in [-0.4, -0.2) is 60.8 Å². The van der Waals surface area contributed by atoms with Crippen LogP contribution in [0.4, 0.5) is 4.79 Å². The van der Waals surface area contributed by atoms with Crippen LogP contribution in [0, 0.1) is 0 Å². The zero-order valence-electron chi connectivity index (χ0n) is 11.6. The van der Waals surface area contributed by atoms with Crippen molar-refractivity contribution >= 4 is 6.09 Å². The number of nitrogens with two attached hydrogens (primary N) is 1. The summed E-state index contributed by atoms with van der Waals surface area (Å²) in [6, 6.07) is 0.333. The highest BCUT2D eigenvalue weighted by Crippen LogP contribution is 2.16. The van der Waals surface area contributed by atoms with Crippen molar-refractivity contribution in [1.82, 2.24) is 9.80 Å². The average molecular weight is 243 g/mol. The van der Waals surface area contributed by atoms with E-state index in [0.29, 0.717) is 13.1 Å². The number of piperidine rings is 1. The van der Waals surface area contributed by atoms with Gasteiger partial charge in [-0.1, -0.05) is 0 Å². The van der Waals surface area contributed by atoms with Crippen LogP contribution in [0.5, 0.6) is 0 Å². The molecular formula is C12H25N3O2. The van der Waals surface area contributed by atoms with E-state index in [1.807, 2.05) is 34.9 Å². The fourth-order valence-electron chi connectivity index (χ4n) is 1.99. The highest BCUT2D eigenvalue weighted by molar-refractivity contribution is 5.68. The summed E-state index contributed by atoms with van der Waals surface area (Å²) in [6.07, 6.45) is 0.582. The topological polar surface area (TPSA) is 58.8 Å². The van der Waals surface area contributed by atoms with Crippen LogP contribution in [-0.2, 0) is 4.74 Å². The minimum atomic E-state index is -0.440. The third-order valence-corrected chi connectivity index (χ3v) is 2.95. The molecule has 1 aliphatic heterocycles. The number of amides is 1. The number of ether oxygens (including phenoxy) is 1. The van der Waals surface area contributed by atoms with E-state index in [-0.39, 0.29) is 18.2 Å². The number of likely N-dealkylation sites (N-methyl/N-ethyl adjacent to an activating group) is 1. The van der Waals surface area contributed by atoms with Crippen molar-refractivity contribution in [2.24, 2.45) is 5.73 Å². The molecule has 1 heterocycles. The summed E-state index contributed by atoms with van der Waals surface area (Å²) in [6.45, 7) is 6.96. The molecule has 0 radical (unpaired) electrons. The minimum Gasteiger partial charge on any atom is -0.444 e. The Morgan fingerprint density at radius 2 is 2.00 bits per heavy atom. The van der Waals surface area contributed by atoms with E-state index in [4.69, 9.17) is 10.5 Å². The average Bonchev–Trinajstić information content (AvgIpc) is 2.14. The molecule has 1 amide bonds. The van der Waals surface area contributed by atoms with E-state index >= 15 is 0 Å². The van der Waals surface area contributed by atoms with Crippen molar-refractivity contribution in [2.45, 2.75) is 44.9 Å². The molecule has 0 aromatic rings. The maximum atomic E-state index is 11.9. The second kappa shape index (κ2) is 5.23. The molecule has 0 bridgehead atoms. The van der Waals surface area contributed by atoms with Crippen LogP contribution in [0.2, 0.25) is 0 Å². The number of hydrogen-bond acceptors (Lipinski definition) is 4. The third kappa shape index (κ3) is 4.16. The second-order valence-electron chi connectivity index (χ2n) is 5.91. The first-order chi connectivity index (χ1) is 7.70. The molecule has 0 saturated carbocycles. The monoisotopic (exact) mass is 243 g/mol. The molecule has 1 fully saturated rings. The van der Waals surface area contributed by atoms with Gasteiger partial charge in [0.2, 0.25) is 0 Å². The van der Waals surface area contributed by atoms with Crippen molar-refractivity contribution in [2.75, 3.05) is 27.2 Å². The largest absolute Gasteiger partial charge is 0.444 e. The number of hydrogen-bond donors (Lipinski definition) is 1. The number of carbonyl (C=O) groups excluding carboxylic acids is 1. The highest BCUT2D eigenvalue weighted by Gasteiger charge is 2.32. The van der Waals surface area contributed by atoms with Gasteiger partial charge in [-0.3, -0.25) is 0 Å². The summed E-state index contributed by atoms with van der Waals surface area (Å²) >= 11 is 0. The Labute approximate surface area is 104 Å². The van der Waals surface area contributed by atoms with Gasteiger partial charge in [-0.15, -0.1) is 0 Å². The number of rotatable bonds is 1. The summed E-state index contributed by atoms with van der Waals surface area (Å²) < 4.78 is 5.37. The Hall–Kier alpha value is -0.810. The van der Waals surface area contributed by atoms with Crippen LogP contribution in [0.15, 0.2) is 0 Å². The molecule has 5 heteroatoms. The number of carbonyl (C=O) groups is 1. The maximum Gasteiger partial charge on any atom is 0.410 e. The van der Waals surface area contributed by atoms with E-state index in [9.17, 15) is 4.79 Å². The van der Waals surface area contributed by atoms with E-state index < -0.39 is 5.60 Å². The van der Waals surface area contributed by atoms with E-state index in [2.05, 4.69) is 4.90 Å². The second-order valence-corrected chi connectivity index (χ2v) is 5.91. The van der Waals surface area contributed by atoms with Gasteiger partial charge in [0.05, 0.1) is 0 Å². The van der Waals surface area contributed by atoms with Crippen molar-refractivity contribution < 1.29 is 9.53 Å². The Kier molecular flexibility index (Phi) is 4.38. The molecule has 0 aliphatic carbocycles. The molecule has 0 aromatic heterocycles. The van der Waals surface area contributed by atoms with Gasteiger partial charge in [0.25, 0.3) is 0 Å². The van der Waals surface area contributed by atoms with Crippen LogP contribution < -0.4 is 5.73 Å². The normalized spacial score (nSPS) is 26.2. The fraction of sp³-hybridized carbons (Fsp3) is 0.917. The smallest absolute Gasteiger partial charge is 0.410 e. The van der Waals surface area contributed by atoms with Gasteiger partial charge in [0.1, 0.15) is 5.60 Å². The lowest BCUT2D eigenvalue weighted by molar-refractivity contribution is 0.0118. The molecular weight excluding hydrogens is 218 g/mol. The minimum absolute atomic E-state index is 0.128. The van der Waals surface area contributed by atoms with Crippen molar-refractivity contribution in [1.29, 1.82) is 0 Å². The lowest BCUT2D eigenvalue weighted by Crippen LogP contribution is -2.58. The van der Waals surface area contributed by atoms with E-state index in [1.54, 1.807) is 4.90 Å². The first-order valence-electron chi connectivity index (χ1n) is 6.10. The maximum absolute atomic E-state index is 11.9. The summed E-state index contributed by atoms with van der Waals surface area (Å²) in [7, 11) is 3.98. The zero-order valence-corrected chi connectivity index (χ0v) is 11.6. The number of likely N-dealkylation sites (tertiary alicyclic amines) is 1. The molecule has 1 saturated heterocycles. The summed E-state index contributed by atoms with van der Waals surface area (Å²) in [5.74, 6) is 0. The molecule has 0 aromatic carbocycles. The summed E-state index contributed by atoms with van der Waals surface area (Å²) in [5.41, 5.74) is 5.61. The van der Waals surface area contributed by atoms with Crippen LogP contribution in [0.25, 0.3) is 0 Å². The number of nitrogens with zero attached hydrogens (tertiary/aromatic N) is 2.